The van der Waals surface area contributed by atoms with Crippen LogP contribution in [0, 0.1) is 0 Å². The number of nitrogens with zero attached hydrogens (tertiary/aromatic N) is 3. The third kappa shape index (κ3) is 6.90. The minimum absolute atomic E-state index is 0.0173. The van der Waals surface area contributed by atoms with Gasteiger partial charge in [0.25, 0.3) is 0 Å². The quantitative estimate of drug-likeness (QED) is 0.629. The van der Waals surface area contributed by atoms with Crippen molar-refractivity contribution < 1.29 is 22.6 Å². The molecule has 6 nitrogen and oxygen atoms in total. The number of halogens is 4. The van der Waals surface area contributed by atoms with Crippen LogP contribution in [-0.4, -0.2) is 55.4 Å². The Hall–Kier alpha value is -1.94. The lowest BCUT2D eigenvalue weighted by molar-refractivity contribution is -0.142. The highest BCUT2D eigenvalue weighted by molar-refractivity contribution is 6.30. The number of nitrogens with one attached hydrogen (secondary N) is 1. The van der Waals surface area contributed by atoms with Crippen molar-refractivity contribution in [3.63, 3.8) is 0 Å². The van der Waals surface area contributed by atoms with Gasteiger partial charge in [0.2, 0.25) is 5.95 Å². The fraction of sp³-hybridized carbons (Fsp3) is 0.444. The highest BCUT2D eigenvalue weighted by Crippen LogP contribution is 2.32. The van der Waals surface area contributed by atoms with E-state index in [0.717, 1.165) is 0 Å². The topological polar surface area (TPSA) is 59.5 Å². The van der Waals surface area contributed by atoms with Crippen LogP contribution < -0.4 is 5.32 Å². The summed E-state index contributed by atoms with van der Waals surface area (Å²) in [6, 6.07) is 6.57. The van der Waals surface area contributed by atoms with Gasteiger partial charge in [0.05, 0.1) is 13.2 Å². The van der Waals surface area contributed by atoms with Crippen LogP contribution >= 0.6 is 11.6 Å². The van der Waals surface area contributed by atoms with Gasteiger partial charge in [0.15, 0.2) is 5.69 Å². The Morgan fingerprint density at radius 2 is 1.82 bits per heavy atom. The predicted octanol–water partition coefficient (Wildman–Crippen LogP) is 3.99. The van der Waals surface area contributed by atoms with Crippen molar-refractivity contribution in [3.05, 3.63) is 46.7 Å². The molecule has 0 amide bonds. The molecule has 0 bridgehead atoms. The number of aromatic nitrogens is 2. The van der Waals surface area contributed by atoms with E-state index in [1.54, 1.807) is 29.2 Å². The molecule has 1 N–H and O–H groups in total. The average molecular weight is 419 g/mol. The number of rotatable bonds is 10. The van der Waals surface area contributed by atoms with E-state index in [0.29, 0.717) is 37.0 Å². The Balaban J connectivity index is 2.25. The molecule has 0 unspecified atom stereocenters. The molecular weight excluding hydrogens is 397 g/mol. The van der Waals surface area contributed by atoms with E-state index in [2.05, 4.69) is 15.3 Å². The lowest BCUT2D eigenvalue weighted by Gasteiger charge is -2.23. The molecule has 1 aromatic carbocycles. The predicted molar refractivity (Wildman–Crippen MR) is 101 cm³/mol. The highest BCUT2D eigenvalue weighted by atomic mass is 35.5. The number of hydrogen-bond acceptors (Lipinski definition) is 6. The minimum atomic E-state index is -4.61. The number of anilines is 2. The van der Waals surface area contributed by atoms with Crippen LogP contribution in [0.4, 0.5) is 24.8 Å². The van der Waals surface area contributed by atoms with Gasteiger partial charge in [0, 0.05) is 56.3 Å². The van der Waals surface area contributed by atoms with Crippen molar-refractivity contribution in [3.8, 4) is 0 Å². The van der Waals surface area contributed by atoms with Crippen molar-refractivity contribution in [1.29, 1.82) is 0 Å². The standard InChI is InChI=1S/C18H22ClF3N4O2/c1-27-8-6-26(7-9-28-2)12-13-11-23-17(25-16(13)18(20,21)22)24-15-5-3-4-14(19)10-15/h3-5,10-11H,6-9,12H2,1-2H3,(H,23,24,25). The molecule has 154 valence electrons. The Morgan fingerprint density at radius 1 is 1.14 bits per heavy atom. The zero-order valence-electron chi connectivity index (χ0n) is 15.6. The number of methoxy groups -OCH3 is 2. The van der Waals surface area contributed by atoms with Crippen LogP contribution in [0.1, 0.15) is 11.3 Å². The van der Waals surface area contributed by atoms with Crippen molar-refractivity contribution in [2.24, 2.45) is 0 Å². The van der Waals surface area contributed by atoms with Crippen LogP contribution in [-0.2, 0) is 22.2 Å². The first-order valence-electron chi connectivity index (χ1n) is 8.49. The molecule has 2 rings (SSSR count). The number of alkyl halides is 3. The van der Waals surface area contributed by atoms with Gasteiger partial charge in [0.1, 0.15) is 0 Å². The number of hydrogen-bond donors (Lipinski definition) is 1. The molecule has 0 aliphatic carbocycles. The van der Waals surface area contributed by atoms with Crippen LogP contribution in [0.15, 0.2) is 30.5 Å². The summed E-state index contributed by atoms with van der Waals surface area (Å²) in [5, 5.41) is 3.19. The van der Waals surface area contributed by atoms with Gasteiger partial charge in [-0.2, -0.15) is 13.2 Å². The van der Waals surface area contributed by atoms with E-state index >= 15 is 0 Å². The summed E-state index contributed by atoms with van der Waals surface area (Å²) in [5.41, 5.74) is -0.501. The van der Waals surface area contributed by atoms with E-state index in [4.69, 9.17) is 21.1 Å². The second-order valence-corrected chi connectivity index (χ2v) is 6.40. The van der Waals surface area contributed by atoms with Gasteiger partial charge in [-0.15, -0.1) is 0 Å². The van der Waals surface area contributed by atoms with Gasteiger partial charge in [-0.05, 0) is 18.2 Å². The zero-order chi connectivity index (χ0) is 20.6. The summed E-state index contributed by atoms with van der Waals surface area (Å²) in [6.45, 7) is 1.72. The molecular formula is C18H22ClF3N4O2. The molecule has 1 heterocycles. The maximum atomic E-state index is 13.6. The first-order valence-corrected chi connectivity index (χ1v) is 8.87. The van der Waals surface area contributed by atoms with Crippen molar-refractivity contribution >= 4 is 23.2 Å². The Labute approximate surface area is 166 Å². The zero-order valence-corrected chi connectivity index (χ0v) is 16.3. The van der Waals surface area contributed by atoms with E-state index < -0.39 is 11.9 Å². The first kappa shape index (κ1) is 22.4. The molecule has 0 fully saturated rings. The van der Waals surface area contributed by atoms with Gasteiger partial charge < -0.3 is 14.8 Å². The van der Waals surface area contributed by atoms with Crippen LogP contribution in [0.2, 0.25) is 5.02 Å². The monoisotopic (exact) mass is 418 g/mol. The third-order valence-corrected chi connectivity index (χ3v) is 4.07. The van der Waals surface area contributed by atoms with Gasteiger partial charge in [-0.1, -0.05) is 17.7 Å². The highest BCUT2D eigenvalue weighted by Gasteiger charge is 2.36. The number of benzene rings is 1. The summed E-state index contributed by atoms with van der Waals surface area (Å²) < 4.78 is 50.8. The third-order valence-electron chi connectivity index (χ3n) is 3.83. The fourth-order valence-electron chi connectivity index (χ4n) is 2.48. The summed E-state index contributed by atoms with van der Waals surface area (Å²) in [5.74, 6) is -0.154. The molecule has 0 aliphatic rings. The summed E-state index contributed by atoms with van der Waals surface area (Å²) in [6.07, 6.45) is -3.42. The molecule has 28 heavy (non-hydrogen) atoms. The lowest BCUT2D eigenvalue weighted by Crippen LogP contribution is -2.31. The van der Waals surface area contributed by atoms with Crippen LogP contribution in [0.3, 0.4) is 0 Å². The Bertz CT molecular complexity index is 754. The summed E-state index contributed by atoms with van der Waals surface area (Å²) in [4.78, 5) is 9.54. The van der Waals surface area contributed by atoms with Gasteiger partial charge >= 0.3 is 6.18 Å². The van der Waals surface area contributed by atoms with Crippen molar-refractivity contribution in [1.82, 2.24) is 14.9 Å². The van der Waals surface area contributed by atoms with E-state index in [9.17, 15) is 13.2 Å². The molecule has 0 saturated heterocycles. The van der Waals surface area contributed by atoms with Gasteiger partial charge in [-0.25, -0.2) is 9.97 Å². The first-order chi connectivity index (χ1) is 13.3. The maximum Gasteiger partial charge on any atom is 0.433 e. The normalized spacial score (nSPS) is 11.8. The van der Waals surface area contributed by atoms with E-state index in [-0.39, 0.29) is 18.1 Å². The molecule has 10 heteroatoms. The summed E-state index contributed by atoms with van der Waals surface area (Å²) >= 11 is 5.89. The van der Waals surface area contributed by atoms with Crippen LogP contribution in [0.25, 0.3) is 0 Å². The molecule has 0 atom stereocenters. The van der Waals surface area contributed by atoms with E-state index in [1.165, 1.54) is 20.4 Å². The Morgan fingerprint density at radius 3 is 2.39 bits per heavy atom. The van der Waals surface area contributed by atoms with Crippen molar-refractivity contribution in [2.75, 3.05) is 45.8 Å². The maximum absolute atomic E-state index is 13.6. The average Bonchev–Trinajstić information content (AvgIpc) is 2.64. The van der Waals surface area contributed by atoms with Gasteiger partial charge in [-0.3, -0.25) is 4.90 Å². The molecule has 0 aliphatic heterocycles. The molecule has 0 spiro atoms. The van der Waals surface area contributed by atoms with Crippen LogP contribution in [0.5, 0.6) is 0 Å². The molecule has 1 aromatic heterocycles. The Kier molecular flexibility index (Phi) is 8.43. The second-order valence-electron chi connectivity index (χ2n) is 5.96. The molecule has 0 radical (unpaired) electrons. The summed E-state index contributed by atoms with van der Waals surface area (Å²) in [7, 11) is 3.07. The SMILES string of the molecule is COCCN(CCOC)Cc1cnc(Nc2cccc(Cl)c2)nc1C(F)(F)F. The number of ether oxygens (including phenoxy) is 2. The fourth-order valence-corrected chi connectivity index (χ4v) is 2.67. The molecule has 0 saturated carbocycles. The molecule has 2 aromatic rings. The largest absolute Gasteiger partial charge is 0.433 e. The second kappa shape index (κ2) is 10.6. The van der Waals surface area contributed by atoms with E-state index in [1.807, 2.05) is 0 Å². The van der Waals surface area contributed by atoms with Crippen molar-refractivity contribution in [2.45, 2.75) is 12.7 Å². The smallest absolute Gasteiger partial charge is 0.383 e. The lowest BCUT2D eigenvalue weighted by atomic mass is 10.2. The minimum Gasteiger partial charge on any atom is -0.383 e.